The summed E-state index contributed by atoms with van der Waals surface area (Å²) in [5.74, 6) is -1.16. The monoisotopic (exact) mass is 302 g/mol. The number of carboxylic acid groups (broad SMARTS) is 1. The van der Waals surface area contributed by atoms with E-state index in [9.17, 15) is 9.59 Å². The third-order valence-corrected chi connectivity index (χ3v) is 3.95. The van der Waals surface area contributed by atoms with Crippen LogP contribution in [0.4, 0.5) is 5.69 Å². The molecule has 1 heterocycles. The van der Waals surface area contributed by atoms with E-state index in [0.29, 0.717) is 0 Å². The molecule has 0 aliphatic carbocycles. The number of hydrogen-bond acceptors (Lipinski definition) is 4. The number of carbonyl (C=O) groups excluding carboxylic acids is 1. The van der Waals surface area contributed by atoms with E-state index in [1.807, 2.05) is 31.2 Å². The zero-order valence-corrected chi connectivity index (χ0v) is 12.2. The molecule has 2 aromatic rings. The van der Waals surface area contributed by atoms with Crippen LogP contribution in [-0.2, 0) is 4.79 Å². The lowest BCUT2D eigenvalue weighted by molar-refractivity contribution is -0.113. The van der Waals surface area contributed by atoms with Crippen LogP contribution in [0.5, 0.6) is 0 Å². The fourth-order valence-electron chi connectivity index (χ4n) is 1.73. The van der Waals surface area contributed by atoms with Gasteiger partial charge in [-0.3, -0.25) is 9.78 Å². The van der Waals surface area contributed by atoms with Crippen LogP contribution in [-0.4, -0.2) is 27.7 Å². The molecule has 0 fully saturated rings. The van der Waals surface area contributed by atoms with Crippen LogP contribution in [0.3, 0.4) is 0 Å². The predicted molar refractivity (Wildman–Crippen MR) is 81.7 cm³/mol. The first kappa shape index (κ1) is 15.1. The first-order valence-electron chi connectivity index (χ1n) is 6.23. The highest BCUT2D eigenvalue weighted by atomic mass is 32.2. The van der Waals surface area contributed by atoms with Gasteiger partial charge >= 0.3 is 5.97 Å². The molecule has 2 rings (SSSR count). The molecule has 0 aliphatic heterocycles. The maximum absolute atomic E-state index is 11.9. The quantitative estimate of drug-likeness (QED) is 0.830. The number of carbonyl (C=O) groups is 2. The maximum Gasteiger partial charge on any atom is 0.337 e. The van der Waals surface area contributed by atoms with Gasteiger partial charge in [-0.25, -0.2) is 4.79 Å². The van der Waals surface area contributed by atoms with E-state index in [1.165, 1.54) is 30.2 Å². The Morgan fingerprint density at radius 1 is 1.29 bits per heavy atom. The zero-order chi connectivity index (χ0) is 15.2. The largest absolute Gasteiger partial charge is 0.478 e. The molecule has 21 heavy (non-hydrogen) atoms. The molecule has 0 saturated carbocycles. The highest BCUT2D eigenvalue weighted by Crippen LogP contribution is 2.22. The average molecular weight is 302 g/mol. The number of hydrogen-bond donors (Lipinski definition) is 2. The number of pyridine rings is 1. The summed E-state index contributed by atoms with van der Waals surface area (Å²) in [6, 6.07) is 9.13. The van der Waals surface area contributed by atoms with Gasteiger partial charge in [-0.1, -0.05) is 18.2 Å². The Morgan fingerprint density at radius 2 is 2.05 bits per heavy atom. The van der Waals surface area contributed by atoms with Gasteiger partial charge in [0.25, 0.3) is 0 Å². The van der Waals surface area contributed by atoms with Crippen molar-refractivity contribution in [2.75, 3.05) is 11.1 Å². The van der Waals surface area contributed by atoms with Gasteiger partial charge in [0, 0.05) is 11.1 Å². The predicted octanol–water partition coefficient (Wildman–Crippen LogP) is 2.82. The van der Waals surface area contributed by atoms with Gasteiger partial charge in [0.15, 0.2) is 0 Å². The summed E-state index contributed by atoms with van der Waals surface area (Å²) >= 11 is 1.41. The number of benzene rings is 1. The smallest absolute Gasteiger partial charge is 0.337 e. The van der Waals surface area contributed by atoms with Crippen molar-refractivity contribution in [3.05, 3.63) is 53.9 Å². The number of aromatic nitrogens is 1. The van der Waals surface area contributed by atoms with E-state index in [2.05, 4.69) is 10.3 Å². The Morgan fingerprint density at radius 3 is 2.76 bits per heavy atom. The number of nitrogens with one attached hydrogen (secondary N) is 1. The third-order valence-electron chi connectivity index (χ3n) is 2.78. The first-order valence-corrected chi connectivity index (χ1v) is 7.22. The van der Waals surface area contributed by atoms with Crippen LogP contribution in [0.25, 0.3) is 0 Å². The average Bonchev–Trinajstić information content (AvgIpc) is 2.47. The van der Waals surface area contributed by atoms with E-state index in [-0.39, 0.29) is 22.9 Å². The molecular formula is C15H14N2O3S. The fraction of sp³-hybridized carbons (Fsp3) is 0.133. The second-order valence-electron chi connectivity index (χ2n) is 4.33. The van der Waals surface area contributed by atoms with Gasteiger partial charge in [0.1, 0.15) is 0 Å². The lowest BCUT2D eigenvalue weighted by Crippen LogP contribution is -2.16. The van der Waals surface area contributed by atoms with E-state index < -0.39 is 5.97 Å². The molecule has 6 heteroatoms. The minimum Gasteiger partial charge on any atom is -0.478 e. The lowest BCUT2D eigenvalue weighted by Gasteiger charge is -2.08. The molecule has 0 saturated heterocycles. The van der Waals surface area contributed by atoms with Gasteiger partial charge in [0.05, 0.1) is 23.2 Å². The number of rotatable bonds is 5. The molecule has 1 aromatic carbocycles. The van der Waals surface area contributed by atoms with Crippen molar-refractivity contribution in [1.82, 2.24) is 4.98 Å². The Labute approximate surface area is 126 Å². The summed E-state index contributed by atoms with van der Waals surface area (Å²) in [5.41, 5.74) is 1.34. The standard InChI is InChI=1S/C15H14N2O3S/c1-10-4-2-3-5-13(10)21-9-14(18)17-12-8-16-7-6-11(12)15(19)20/h2-8H,9H2,1H3,(H,17,18)(H,19,20). The van der Waals surface area contributed by atoms with E-state index >= 15 is 0 Å². The van der Waals surface area contributed by atoms with Crippen LogP contribution in [0.1, 0.15) is 15.9 Å². The molecule has 0 radical (unpaired) electrons. The summed E-state index contributed by atoms with van der Waals surface area (Å²) in [6.45, 7) is 1.98. The van der Waals surface area contributed by atoms with Crippen molar-refractivity contribution < 1.29 is 14.7 Å². The molecule has 0 atom stereocenters. The summed E-state index contributed by atoms with van der Waals surface area (Å²) in [6.07, 6.45) is 2.71. The highest BCUT2D eigenvalue weighted by molar-refractivity contribution is 8.00. The molecule has 108 valence electrons. The van der Waals surface area contributed by atoms with E-state index in [0.717, 1.165) is 10.5 Å². The van der Waals surface area contributed by atoms with Crippen LogP contribution >= 0.6 is 11.8 Å². The number of anilines is 1. The Bertz CT molecular complexity index is 673. The molecule has 0 unspecified atom stereocenters. The van der Waals surface area contributed by atoms with Crippen molar-refractivity contribution >= 4 is 29.3 Å². The van der Waals surface area contributed by atoms with Crippen LogP contribution in [0.15, 0.2) is 47.6 Å². The van der Waals surface area contributed by atoms with Gasteiger partial charge in [0.2, 0.25) is 5.91 Å². The van der Waals surface area contributed by atoms with Gasteiger partial charge in [-0.2, -0.15) is 0 Å². The number of amides is 1. The fourth-order valence-corrected chi connectivity index (χ4v) is 2.56. The second kappa shape index (κ2) is 6.90. The van der Waals surface area contributed by atoms with Crippen molar-refractivity contribution in [3.63, 3.8) is 0 Å². The van der Waals surface area contributed by atoms with Gasteiger partial charge in [-0.05, 0) is 24.6 Å². The summed E-state index contributed by atoms with van der Waals surface area (Å²) < 4.78 is 0. The summed E-state index contributed by atoms with van der Waals surface area (Å²) in [7, 11) is 0. The van der Waals surface area contributed by atoms with Crippen molar-refractivity contribution in [2.24, 2.45) is 0 Å². The molecule has 0 aliphatic rings. The molecule has 5 nitrogen and oxygen atoms in total. The van der Waals surface area contributed by atoms with Crippen LogP contribution in [0, 0.1) is 6.92 Å². The minimum atomic E-state index is -1.10. The number of aryl methyl sites for hydroxylation is 1. The first-order chi connectivity index (χ1) is 10.1. The number of carboxylic acids is 1. The van der Waals surface area contributed by atoms with E-state index in [4.69, 9.17) is 5.11 Å². The minimum absolute atomic E-state index is 0.0271. The number of aromatic carboxylic acids is 1. The Balaban J connectivity index is 2.00. The topological polar surface area (TPSA) is 79.3 Å². The molecule has 2 N–H and O–H groups in total. The van der Waals surface area contributed by atoms with Crippen LogP contribution in [0.2, 0.25) is 0 Å². The van der Waals surface area contributed by atoms with Crippen LogP contribution < -0.4 is 5.32 Å². The zero-order valence-electron chi connectivity index (χ0n) is 11.4. The Kier molecular flexibility index (Phi) is 4.94. The lowest BCUT2D eigenvalue weighted by atomic mass is 10.2. The summed E-state index contributed by atoms with van der Waals surface area (Å²) in [5, 5.41) is 11.6. The van der Waals surface area contributed by atoms with Crippen molar-refractivity contribution in [3.8, 4) is 0 Å². The highest BCUT2D eigenvalue weighted by Gasteiger charge is 2.12. The Hall–Kier alpha value is -2.34. The maximum atomic E-state index is 11.9. The summed E-state index contributed by atoms with van der Waals surface area (Å²) in [4.78, 5) is 27.8. The molecule has 1 amide bonds. The van der Waals surface area contributed by atoms with Gasteiger partial charge in [-0.15, -0.1) is 11.8 Å². The molecule has 1 aromatic heterocycles. The second-order valence-corrected chi connectivity index (χ2v) is 5.35. The van der Waals surface area contributed by atoms with E-state index in [1.54, 1.807) is 0 Å². The van der Waals surface area contributed by atoms with Crippen molar-refractivity contribution in [2.45, 2.75) is 11.8 Å². The normalized spacial score (nSPS) is 10.1. The molecular weight excluding hydrogens is 288 g/mol. The SMILES string of the molecule is Cc1ccccc1SCC(=O)Nc1cnccc1C(=O)O. The number of thioether (sulfide) groups is 1. The number of nitrogens with zero attached hydrogens (tertiary/aromatic N) is 1. The van der Waals surface area contributed by atoms with Gasteiger partial charge < -0.3 is 10.4 Å². The third kappa shape index (κ3) is 4.06. The van der Waals surface area contributed by atoms with Crippen molar-refractivity contribution in [1.29, 1.82) is 0 Å². The molecule has 0 bridgehead atoms. The molecule has 0 spiro atoms.